The highest BCUT2D eigenvalue weighted by molar-refractivity contribution is 6.39. The lowest BCUT2D eigenvalue weighted by Crippen LogP contribution is -2.43. The summed E-state index contributed by atoms with van der Waals surface area (Å²) in [7, 11) is 0. The molecule has 25 heavy (non-hydrogen) atoms. The topological polar surface area (TPSA) is 61.4 Å². The second-order valence-corrected chi connectivity index (χ2v) is 7.89. The van der Waals surface area contributed by atoms with Crippen molar-refractivity contribution in [1.29, 1.82) is 0 Å². The largest absolute Gasteiger partial charge is 0.421 e. The third kappa shape index (κ3) is 5.15. The average Bonchev–Trinajstić information content (AvgIpc) is 2.40. The van der Waals surface area contributed by atoms with Crippen molar-refractivity contribution in [3.8, 4) is 0 Å². The molecular formula is C16H21Cl2F3N2O2. The smallest absolute Gasteiger partial charge is 0.376 e. The van der Waals surface area contributed by atoms with Crippen molar-refractivity contribution >= 4 is 34.9 Å². The molecule has 0 radical (unpaired) electrons. The molecule has 2 amide bonds. The summed E-state index contributed by atoms with van der Waals surface area (Å²) in [5.41, 5.74) is -3.88. The number of anilines is 1. The van der Waals surface area contributed by atoms with E-state index in [9.17, 15) is 23.1 Å². The van der Waals surface area contributed by atoms with Gasteiger partial charge < -0.3 is 15.7 Å². The first-order valence-corrected chi connectivity index (χ1v) is 8.19. The van der Waals surface area contributed by atoms with Gasteiger partial charge in [-0.1, -0.05) is 44.0 Å². The molecule has 142 valence electrons. The summed E-state index contributed by atoms with van der Waals surface area (Å²) >= 11 is 11.9. The lowest BCUT2D eigenvalue weighted by atomic mass is 9.88. The average molecular weight is 401 g/mol. The van der Waals surface area contributed by atoms with Crippen molar-refractivity contribution < 1.29 is 23.1 Å². The minimum absolute atomic E-state index is 0.0383. The highest BCUT2D eigenvalue weighted by Gasteiger charge is 2.51. The number of rotatable bonds is 3. The van der Waals surface area contributed by atoms with Crippen molar-refractivity contribution in [2.45, 2.75) is 52.4 Å². The van der Waals surface area contributed by atoms with E-state index in [2.05, 4.69) is 10.6 Å². The van der Waals surface area contributed by atoms with Crippen molar-refractivity contribution in [2.24, 2.45) is 5.41 Å². The number of benzene rings is 1. The van der Waals surface area contributed by atoms with Gasteiger partial charge in [0.05, 0.1) is 15.7 Å². The Balaban J connectivity index is 3.07. The summed E-state index contributed by atoms with van der Waals surface area (Å²) in [6, 6.07) is 1.06. The molecule has 1 aromatic carbocycles. The van der Waals surface area contributed by atoms with Crippen LogP contribution in [0.3, 0.4) is 0 Å². The Morgan fingerprint density at radius 1 is 1.12 bits per heavy atom. The van der Waals surface area contributed by atoms with Crippen molar-refractivity contribution in [1.82, 2.24) is 5.32 Å². The predicted molar refractivity (Wildman–Crippen MR) is 93.2 cm³/mol. The molecule has 0 heterocycles. The Morgan fingerprint density at radius 3 is 1.92 bits per heavy atom. The number of halogens is 5. The molecule has 0 fully saturated rings. The molecule has 0 aromatic heterocycles. The van der Waals surface area contributed by atoms with Crippen LogP contribution in [0.2, 0.25) is 10.0 Å². The maximum Gasteiger partial charge on any atom is 0.421 e. The molecule has 4 nitrogen and oxygen atoms in total. The predicted octanol–water partition coefficient (Wildman–Crippen LogP) is 5.32. The van der Waals surface area contributed by atoms with Gasteiger partial charge in [0.2, 0.25) is 0 Å². The first kappa shape index (κ1) is 21.9. The van der Waals surface area contributed by atoms with Gasteiger partial charge in [-0.25, -0.2) is 4.79 Å². The first-order chi connectivity index (χ1) is 11.1. The molecule has 0 aliphatic carbocycles. The fourth-order valence-electron chi connectivity index (χ4n) is 1.70. The number of carbonyl (C=O) groups is 1. The first-order valence-electron chi connectivity index (χ1n) is 7.43. The molecule has 1 aromatic rings. The Morgan fingerprint density at radius 2 is 1.56 bits per heavy atom. The lowest BCUT2D eigenvalue weighted by molar-refractivity contribution is -0.258. The fourth-order valence-corrected chi connectivity index (χ4v) is 2.28. The normalized spacial score (nSPS) is 16.1. The SMILES string of the molecule is CC(NC(=O)Nc1c(Cl)cc(C(C)(O)C(F)(F)F)cc1Cl)C(C)(C)C. The minimum Gasteiger partial charge on any atom is -0.376 e. The molecule has 0 saturated heterocycles. The van der Waals surface area contributed by atoms with Crippen LogP contribution in [0.25, 0.3) is 0 Å². The van der Waals surface area contributed by atoms with Crippen LogP contribution in [0.15, 0.2) is 12.1 Å². The number of amides is 2. The van der Waals surface area contributed by atoms with Crippen LogP contribution in [-0.2, 0) is 5.60 Å². The summed E-state index contributed by atoms with van der Waals surface area (Å²) < 4.78 is 38.8. The maximum atomic E-state index is 12.9. The third-order valence-electron chi connectivity index (χ3n) is 4.04. The molecule has 1 rings (SSSR count). The summed E-state index contributed by atoms with van der Waals surface area (Å²) in [5, 5.41) is 14.4. The molecule has 9 heteroatoms. The Labute approximate surface area is 154 Å². The van der Waals surface area contributed by atoms with Crippen LogP contribution in [-0.4, -0.2) is 23.4 Å². The highest BCUT2D eigenvalue weighted by atomic mass is 35.5. The number of nitrogens with one attached hydrogen (secondary N) is 2. The van der Waals surface area contributed by atoms with Gasteiger partial charge in [-0.05, 0) is 37.0 Å². The second-order valence-electron chi connectivity index (χ2n) is 7.07. The van der Waals surface area contributed by atoms with Gasteiger partial charge in [-0.3, -0.25) is 0 Å². The monoisotopic (exact) mass is 400 g/mol. The van der Waals surface area contributed by atoms with E-state index < -0.39 is 23.4 Å². The summed E-state index contributed by atoms with van der Waals surface area (Å²) in [6.07, 6.45) is -4.91. The van der Waals surface area contributed by atoms with Crippen LogP contribution in [0, 0.1) is 5.41 Å². The number of carbonyl (C=O) groups excluding carboxylic acids is 1. The summed E-state index contributed by atoms with van der Waals surface area (Å²) in [4.78, 5) is 12.0. The van der Waals surface area contributed by atoms with Crippen molar-refractivity contribution in [2.75, 3.05) is 5.32 Å². The molecule has 0 bridgehead atoms. The van der Waals surface area contributed by atoms with E-state index in [1.54, 1.807) is 0 Å². The van der Waals surface area contributed by atoms with Crippen LogP contribution < -0.4 is 10.6 Å². The number of hydrogen-bond donors (Lipinski definition) is 3. The summed E-state index contributed by atoms with van der Waals surface area (Å²) in [6.45, 7) is 8.22. The van der Waals surface area contributed by atoms with E-state index >= 15 is 0 Å². The Kier molecular flexibility index (Phi) is 6.30. The van der Waals surface area contributed by atoms with Crippen LogP contribution >= 0.6 is 23.2 Å². The molecule has 2 atom stereocenters. The number of urea groups is 1. The van der Waals surface area contributed by atoms with Gasteiger partial charge in [-0.15, -0.1) is 0 Å². The highest BCUT2D eigenvalue weighted by Crippen LogP contribution is 2.42. The quantitative estimate of drug-likeness (QED) is 0.642. The zero-order valence-electron chi connectivity index (χ0n) is 14.5. The van der Waals surface area contributed by atoms with Gasteiger partial charge >= 0.3 is 12.2 Å². The van der Waals surface area contributed by atoms with Crippen LogP contribution in [0.4, 0.5) is 23.7 Å². The number of aliphatic hydroxyl groups is 1. The van der Waals surface area contributed by atoms with Crippen LogP contribution in [0.1, 0.15) is 40.2 Å². The van der Waals surface area contributed by atoms with E-state index in [-0.39, 0.29) is 27.2 Å². The van der Waals surface area contributed by atoms with Crippen molar-refractivity contribution in [3.05, 3.63) is 27.7 Å². The summed E-state index contributed by atoms with van der Waals surface area (Å²) in [5.74, 6) is 0. The van der Waals surface area contributed by atoms with Gasteiger partial charge in [-0.2, -0.15) is 13.2 Å². The van der Waals surface area contributed by atoms with Gasteiger partial charge in [0.1, 0.15) is 0 Å². The number of hydrogen-bond acceptors (Lipinski definition) is 2. The standard InChI is InChI=1S/C16H21Cl2F3N2O2/c1-8(14(2,3)4)22-13(24)23-12-10(17)6-9(7-11(12)18)15(5,25)16(19,20)21/h6-8,25H,1-5H3,(H2,22,23,24). The molecule has 0 aliphatic heterocycles. The number of alkyl halides is 3. The van der Waals surface area contributed by atoms with Gasteiger partial charge in [0.15, 0.2) is 5.60 Å². The molecule has 3 N–H and O–H groups in total. The Bertz CT molecular complexity index is 633. The molecule has 0 aliphatic rings. The van der Waals surface area contributed by atoms with E-state index in [0.29, 0.717) is 6.92 Å². The third-order valence-corrected chi connectivity index (χ3v) is 4.64. The van der Waals surface area contributed by atoms with Gasteiger partial charge in [0, 0.05) is 6.04 Å². The van der Waals surface area contributed by atoms with Crippen LogP contribution in [0.5, 0.6) is 0 Å². The molecule has 2 unspecified atom stereocenters. The van der Waals surface area contributed by atoms with E-state index in [4.69, 9.17) is 23.2 Å². The second kappa shape index (κ2) is 7.21. The van der Waals surface area contributed by atoms with Crippen molar-refractivity contribution in [3.63, 3.8) is 0 Å². The van der Waals surface area contributed by atoms with E-state index in [0.717, 1.165) is 12.1 Å². The zero-order valence-corrected chi connectivity index (χ0v) is 16.0. The molecule has 0 spiro atoms. The Hall–Kier alpha value is -1.18. The molecule has 0 saturated carbocycles. The maximum absolute atomic E-state index is 12.9. The van der Waals surface area contributed by atoms with E-state index in [1.165, 1.54) is 0 Å². The van der Waals surface area contributed by atoms with E-state index in [1.807, 2.05) is 27.7 Å². The molecular weight excluding hydrogens is 380 g/mol. The fraction of sp³-hybridized carbons (Fsp3) is 0.562. The lowest BCUT2D eigenvalue weighted by Gasteiger charge is -2.29. The minimum atomic E-state index is -4.91. The zero-order chi connectivity index (χ0) is 19.8. The van der Waals surface area contributed by atoms with Gasteiger partial charge in [0.25, 0.3) is 0 Å².